The number of aryl methyl sites for hydroxylation is 1. The molecule has 0 unspecified atom stereocenters. The van der Waals surface area contributed by atoms with Crippen molar-refractivity contribution >= 4 is 27.7 Å². The van der Waals surface area contributed by atoms with Crippen molar-refractivity contribution < 1.29 is 9.53 Å². The van der Waals surface area contributed by atoms with E-state index in [-0.39, 0.29) is 0 Å². The fraction of sp³-hybridized carbons (Fsp3) is 0.118. The number of nitrogens with one attached hydrogen (secondary N) is 1. The number of fused-ring (bicyclic) bond motifs is 1. The summed E-state index contributed by atoms with van der Waals surface area (Å²) in [5, 5.41) is 0.642. The molecule has 0 amide bonds. The van der Waals surface area contributed by atoms with E-state index in [2.05, 4.69) is 17.1 Å². The fourth-order valence-electron chi connectivity index (χ4n) is 2.42. The highest BCUT2D eigenvalue weighted by Crippen LogP contribution is 2.29. The summed E-state index contributed by atoms with van der Waals surface area (Å²) in [4.78, 5) is 14.5. The van der Waals surface area contributed by atoms with Crippen LogP contribution in [0.1, 0.15) is 15.9 Å². The molecule has 21 heavy (non-hydrogen) atoms. The van der Waals surface area contributed by atoms with Gasteiger partial charge in [0.2, 0.25) is 0 Å². The number of aromatic nitrogens is 1. The molecule has 1 N–H and O–H groups in total. The molecule has 4 heteroatoms. The lowest BCUT2D eigenvalue weighted by Crippen LogP contribution is -1.87. The second kappa shape index (κ2) is 5.26. The van der Waals surface area contributed by atoms with Gasteiger partial charge >= 0.3 is 0 Å². The maximum Gasteiger partial charge on any atom is 0.252 e. The Hall–Kier alpha value is -2.26. The molecular formula is C17H14ClNO2. The van der Waals surface area contributed by atoms with Gasteiger partial charge < -0.3 is 9.72 Å². The number of benzene rings is 2. The van der Waals surface area contributed by atoms with Gasteiger partial charge in [-0.3, -0.25) is 4.79 Å². The van der Waals surface area contributed by atoms with E-state index >= 15 is 0 Å². The van der Waals surface area contributed by atoms with Gasteiger partial charge in [-0.15, -0.1) is 0 Å². The molecule has 3 nitrogen and oxygen atoms in total. The summed E-state index contributed by atoms with van der Waals surface area (Å²) in [7, 11) is 1.67. The van der Waals surface area contributed by atoms with E-state index in [9.17, 15) is 4.79 Å². The molecule has 1 heterocycles. The van der Waals surface area contributed by atoms with Crippen molar-refractivity contribution in [1.29, 1.82) is 0 Å². The molecule has 2 aromatic carbocycles. The molecule has 0 radical (unpaired) electrons. The molecular weight excluding hydrogens is 286 g/mol. The number of H-pyrrole nitrogens is 1. The van der Waals surface area contributed by atoms with Crippen LogP contribution in [0.4, 0.5) is 0 Å². The topological polar surface area (TPSA) is 42.1 Å². The Morgan fingerprint density at radius 1 is 1.14 bits per heavy atom. The first-order valence-corrected chi connectivity index (χ1v) is 6.94. The number of methoxy groups -OCH3 is 1. The van der Waals surface area contributed by atoms with Crippen molar-refractivity contribution in [3.05, 3.63) is 53.6 Å². The highest BCUT2D eigenvalue weighted by Gasteiger charge is 2.08. The van der Waals surface area contributed by atoms with Gasteiger partial charge in [-0.2, -0.15) is 0 Å². The maximum atomic E-state index is 11.1. The van der Waals surface area contributed by atoms with E-state index in [1.165, 1.54) is 0 Å². The first kappa shape index (κ1) is 13.7. The molecule has 3 rings (SSSR count). The molecule has 0 spiro atoms. The summed E-state index contributed by atoms with van der Waals surface area (Å²) >= 11 is 5.46. The zero-order valence-electron chi connectivity index (χ0n) is 11.7. The van der Waals surface area contributed by atoms with E-state index in [0.717, 1.165) is 33.5 Å². The van der Waals surface area contributed by atoms with Gasteiger partial charge in [-0.1, -0.05) is 12.1 Å². The van der Waals surface area contributed by atoms with Crippen LogP contribution in [0.25, 0.3) is 22.2 Å². The van der Waals surface area contributed by atoms with Crippen molar-refractivity contribution in [2.24, 2.45) is 0 Å². The van der Waals surface area contributed by atoms with Gasteiger partial charge in [-0.05, 0) is 60.0 Å². The molecule has 0 aliphatic carbocycles. The first-order valence-electron chi connectivity index (χ1n) is 6.56. The van der Waals surface area contributed by atoms with Crippen LogP contribution in [0, 0.1) is 6.92 Å². The minimum atomic E-state index is -0.446. The van der Waals surface area contributed by atoms with E-state index < -0.39 is 5.24 Å². The number of hydrogen-bond donors (Lipinski definition) is 1. The monoisotopic (exact) mass is 299 g/mol. The van der Waals surface area contributed by atoms with Gasteiger partial charge in [0.15, 0.2) is 0 Å². The summed E-state index contributed by atoms with van der Waals surface area (Å²) in [6.45, 7) is 2.01. The zero-order chi connectivity index (χ0) is 15.0. The number of halogens is 1. The van der Waals surface area contributed by atoms with Crippen LogP contribution in [-0.4, -0.2) is 17.3 Å². The SMILES string of the molecule is COc1cc2cc(-c3ccc(C(=O)Cl)cc3)[nH]c2cc1C. The first-order chi connectivity index (χ1) is 10.1. The quantitative estimate of drug-likeness (QED) is 0.722. The fourth-order valence-corrected chi connectivity index (χ4v) is 2.55. The Bertz CT molecular complexity index is 819. The zero-order valence-corrected chi connectivity index (χ0v) is 12.5. The Morgan fingerprint density at radius 2 is 1.86 bits per heavy atom. The molecule has 0 fully saturated rings. The minimum Gasteiger partial charge on any atom is -0.496 e. The number of hydrogen-bond acceptors (Lipinski definition) is 2. The Morgan fingerprint density at radius 3 is 2.48 bits per heavy atom. The Balaban J connectivity index is 2.06. The summed E-state index contributed by atoms with van der Waals surface area (Å²) in [6.07, 6.45) is 0. The van der Waals surface area contributed by atoms with Crippen molar-refractivity contribution in [2.45, 2.75) is 6.92 Å². The van der Waals surface area contributed by atoms with Crippen molar-refractivity contribution in [1.82, 2.24) is 4.98 Å². The molecule has 106 valence electrons. The molecule has 0 bridgehead atoms. The second-order valence-corrected chi connectivity index (χ2v) is 5.29. The predicted molar refractivity (Wildman–Crippen MR) is 85.2 cm³/mol. The Kier molecular flexibility index (Phi) is 3.43. The Labute approximate surface area is 127 Å². The van der Waals surface area contributed by atoms with Crippen LogP contribution in [-0.2, 0) is 0 Å². The average molecular weight is 300 g/mol. The van der Waals surface area contributed by atoms with Gasteiger partial charge in [0, 0.05) is 22.2 Å². The van der Waals surface area contributed by atoms with Crippen LogP contribution in [0.3, 0.4) is 0 Å². The third kappa shape index (κ3) is 2.52. The van der Waals surface area contributed by atoms with E-state index in [0.29, 0.717) is 5.56 Å². The van der Waals surface area contributed by atoms with Gasteiger partial charge in [0.25, 0.3) is 5.24 Å². The molecule has 3 aromatic rings. The number of carbonyl (C=O) groups excluding carboxylic acids is 1. The maximum absolute atomic E-state index is 11.1. The number of rotatable bonds is 3. The van der Waals surface area contributed by atoms with Crippen LogP contribution in [0.15, 0.2) is 42.5 Å². The van der Waals surface area contributed by atoms with E-state index in [1.807, 2.05) is 25.1 Å². The third-order valence-electron chi connectivity index (χ3n) is 3.56. The summed E-state index contributed by atoms with van der Waals surface area (Å²) in [5.41, 5.74) is 4.63. The molecule has 0 aliphatic rings. The van der Waals surface area contributed by atoms with Gasteiger partial charge in [0.05, 0.1) is 7.11 Å². The van der Waals surface area contributed by atoms with Crippen LogP contribution >= 0.6 is 11.6 Å². The van der Waals surface area contributed by atoms with Crippen molar-refractivity contribution in [3.63, 3.8) is 0 Å². The summed E-state index contributed by atoms with van der Waals surface area (Å²) in [5.74, 6) is 0.871. The standard InChI is InChI=1S/C17H14ClNO2/c1-10-7-14-13(9-16(10)21-2)8-15(19-14)11-3-5-12(6-4-11)17(18)20/h3-9,19H,1-2H3. The largest absolute Gasteiger partial charge is 0.496 e. The van der Waals surface area contributed by atoms with Gasteiger partial charge in [0.1, 0.15) is 5.75 Å². The number of aromatic amines is 1. The molecule has 1 aromatic heterocycles. The van der Waals surface area contributed by atoms with Crippen molar-refractivity contribution in [2.75, 3.05) is 7.11 Å². The highest BCUT2D eigenvalue weighted by atomic mass is 35.5. The lowest BCUT2D eigenvalue weighted by atomic mass is 10.1. The number of carbonyl (C=O) groups is 1. The number of ether oxygens (including phenoxy) is 1. The van der Waals surface area contributed by atoms with E-state index in [1.54, 1.807) is 19.2 Å². The lowest BCUT2D eigenvalue weighted by Gasteiger charge is -2.03. The highest BCUT2D eigenvalue weighted by molar-refractivity contribution is 6.67. The molecule has 0 saturated carbocycles. The van der Waals surface area contributed by atoms with Crippen molar-refractivity contribution in [3.8, 4) is 17.0 Å². The lowest BCUT2D eigenvalue weighted by molar-refractivity contribution is 0.108. The average Bonchev–Trinajstić information content (AvgIpc) is 2.89. The van der Waals surface area contributed by atoms with Crippen LogP contribution in [0.5, 0.6) is 5.75 Å². The summed E-state index contributed by atoms with van der Waals surface area (Å²) in [6, 6.07) is 13.4. The van der Waals surface area contributed by atoms with E-state index in [4.69, 9.17) is 16.3 Å². The molecule has 0 saturated heterocycles. The second-order valence-electron chi connectivity index (χ2n) is 4.94. The molecule has 0 atom stereocenters. The third-order valence-corrected chi connectivity index (χ3v) is 3.78. The smallest absolute Gasteiger partial charge is 0.252 e. The summed E-state index contributed by atoms with van der Waals surface area (Å²) < 4.78 is 5.34. The minimum absolute atomic E-state index is 0.446. The van der Waals surface area contributed by atoms with Gasteiger partial charge in [-0.25, -0.2) is 0 Å². The van der Waals surface area contributed by atoms with Crippen LogP contribution < -0.4 is 4.74 Å². The predicted octanol–water partition coefficient (Wildman–Crippen LogP) is 4.53. The van der Waals surface area contributed by atoms with Crippen LogP contribution in [0.2, 0.25) is 0 Å². The molecule has 0 aliphatic heterocycles. The normalized spacial score (nSPS) is 10.8.